The van der Waals surface area contributed by atoms with E-state index in [-0.39, 0.29) is 6.10 Å². The molecule has 2 fully saturated rings. The fraction of sp³-hybridized carbons (Fsp3) is 0.381. The van der Waals surface area contributed by atoms with Crippen LogP contribution in [0.3, 0.4) is 0 Å². The summed E-state index contributed by atoms with van der Waals surface area (Å²) in [6, 6.07) is 5.83. The highest BCUT2D eigenvalue weighted by molar-refractivity contribution is 5.66. The summed E-state index contributed by atoms with van der Waals surface area (Å²) in [5.41, 5.74) is 3.08. The van der Waals surface area contributed by atoms with Gasteiger partial charge in [-0.3, -0.25) is 4.98 Å². The third-order valence-corrected chi connectivity index (χ3v) is 5.43. The van der Waals surface area contributed by atoms with E-state index < -0.39 is 0 Å². The molecule has 0 unspecified atom stereocenters. The Kier molecular flexibility index (Phi) is 5.00. The minimum absolute atomic E-state index is 0.0268. The largest absolute Gasteiger partial charge is 0.372 e. The average Bonchev–Trinajstić information content (AvgIpc) is 3.35. The number of pyridine rings is 1. The van der Waals surface area contributed by atoms with E-state index in [1.165, 1.54) is 0 Å². The van der Waals surface area contributed by atoms with Crippen LogP contribution in [0.25, 0.3) is 11.1 Å². The maximum atomic E-state index is 5.97. The molecular formula is C21H23N7O. The Bertz CT molecular complexity index is 940. The van der Waals surface area contributed by atoms with Gasteiger partial charge in [-0.25, -0.2) is 19.9 Å². The second-order valence-electron chi connectivity index (χ2n) is 7.23. The Morgan fingerprint density at radius 1 is 0.862 bits per heavy atom. The number of hydrogen-bond acceptors (Lipinski definition) is 8. The number of piperazine rings is 1. The van der Waals surface area contributed by atoms with Gasteiger partial charge in [-0.05, 0) is 36.6 Å². The summed E-state index contributed by atoms with van der Waals surface area (Å²) < 4.78 is 5.97. The first-order valence-electron chi connectivity index (χ1n) is 10.0. The van der Waals surface area contributed by atoms with E-state index >= 15 is 0 Å². The molecule has 0 radical (unpaired) electrons. The molecule has 5 rings (SSSR count). The van der Waals surface area contributed by atoms with Gasteiger partial charge in [0.2, 0.25) is 11.9 Å². The van der Waals surface area contributed by atoms with Gasteiger partial charge >= 0.3 is 0 Å². The predicted octanol–water partition coefficient (Wildman–Crippen LogP) is 2.51. The van der Waals surface area contributed by atoms with Crippen LogP contribution in [0.2, 0.25) is 0 Å². The van der Waals surface area contributed by atoms with E-state index in [0.717, 1.165) is 74.3 Å². The Hall–Kier alpha value is -3.13. The first-order valence-corrected chi connectivity index (χ1v) is 10.0. The van der Waals surface area contributed by atoms with Crippen molar-refractivity contribution in [2.45, 2.75) is 18.9 Å². The molecular weight excluding hydrogens is 366 g/mol. The molecule has 2 saturated heterocycles. The van der Waals surface area contributed by atoms with Crippen LogP contribution in [0.1, 0.15) is 24.6 Å². The molecule has 8 nitrogen and oxygen atoms in total. The van der Waals surface area contributed by atoms with Crippen LogP contribution in [-0.2, 0) is 4.74 Å². The van der Waals surface area contributed by atoms with Gasteiger partial charge < -0.3 is 14.5 Å². The lowest BCUT2D eigenvalue weighted by molar-refractivity contribution is 0.109. The zero-order chi connectivity index (χ0) is 19.5. The van der Waals surface area contributed by atoms with Crippen molar-refractivity contribution >= 4 is 11.9 Å². The molecule has 1 atom stereocenters. The van der Waals surface area contributed by atoms with Crippen LogP contribution >= 0.6 is 0 Å². The standard InChI is InChI=1S/C21H23N7O/c1-3-18(29-14-1)19-17(16-4-8-22-9-5-16)15-25-21(26-19)28-12-10-27(11-13-28)20-23-6-2-7-24-20/h2,4-9,15,18H,1,3,10-14H2/t18-/m1/s1. The molecule has 5 heterocycles. The molecule has 2 aliphatic rings. The monoisotopic (exact) mass is 389 g/mol. The minimum atomic E-state index is 0.0268. The number of anilines is 2. The molecule has 0 amide bonds. The molecule has 29 heavy (non-hydrogen) atoms. The minimum Gasteiger partial charge on any atom is -0.372 e. The molecule has 0 spiro atoms. The molecule has 2 aliphatic heterocycles. The topological polar surface area (TPSA) is 80.2 Å². The number of nitrogens with zero attached hydrogens (tertiary/aromatic N) is 7. The van der Waals surface area contributed by atoms with Gasteiger partial charge in [-0.1, -0.05) is 0 Å². The van der Waals surface area contributed by atoms with Crippen molar-refractivity contribution < 1.29 is 4.74 Å². The quantitative estimate of drug-likeness (QED) is 0.673. The molecule has 0 aliphatic carbocycles. The number of aromatic nitrogens is 5. The molecule has 8 heteroatoms. The molecule has 148 valence electrons. The fourth-order valence-electron chi connectivity index (χ4n) is 3.89. The normalized spacial score (nSPS) is 19.5. The number of hydrogen-bond donors (Lipinski definition) is 0. The van der Waals surface area contributed by atoms with Gasteiger partial charge in [0.25, 0.3) is 0 Å². The lowest BCUT2D eigenvalue weighted by Gasteiger charge is -2.35. The van der Waals surface area contributed by atoms with Gasteiger partial charge in [-0.2, -0.15) is 0 Å². The maximum absolute atomic E-state index is 5.97. The zero-order valence-electron chi connectivity index (χ0n) is 16.2. The third kappa shape index (κ3) is 3.75. The van der Waals surface area contributed by atoms with Crippen LogP contribution in [0, 0.1) is 0 Å². The van der Waals surface area contributed by atoms with Gasteiger partial charge in [-0.15, -0.1) is 0 Å². The second kappa shape index (κ2) is 8.08. The molecule has 3 aromatic heterocycles. The van der Waals surface area contributed by atoms with E-state index in [4.69, 9.17) is 14.7 Å². The Morgan fingerprint density at radius 3 is 2.28 bits per heavy atom. The highest BCUT2D eigenvalue weighted by Gasteiger charge is 2.26. The summed E-state index contributed by atoms with van der Waals surface area (Å²) >= 11 is 0. The van der Waals surface area contributed by atoms with Crippen molar-refractivity contribution in [3.8, 4) is 11.1 Å². The van der Waals surface area contributed by atoms with E-state index in [0.29, 0.717) is 0 Å². The SMILES string of the molecule is c1cnc(N2CCN(c3ncc(-c4ccncc4)c([C@H]4CCCO4)n3)CC2)nc1. The van der Waals surface area contributed by atoms with E-state index in [1.807, 2.05) is 24.4 Å². The summed E-state index contributed by atoms with van der Waals surface area (Å²) in [6.45, 7) is 4.13. The Morgan fingerprint density at radius 2 is 1.59 bits per heavy atom. The summed E-state index contributed by atoms with van der Waals surface area (Å²) in [6.07, 6.45) is 11.2. The second-order valence-corrected chi connectivity index (χ2v) is 7.23. The van der Waals surface area contributed by atoms with E-state index in [9.17, 15) is 0 Å². The van der Waals surface area contributed by atoms with Gasteiger partial charge in [0.05, 0.1) is 5.69 Å². The predicted molar refractivity (Wildman–Crippen MR) is 110 cm³/mol. The van der Waals surface area contributed by atoms with E-state index in [2.05, 4.69) is 24.8 Å². The van der Waals surface area contributed by atoms with Crippen LogP contribution in [0.5, 0.6) is 0 Å². The number of rotatable bonds is 4. The first kappa shape index (κ1) is 17.9. The summed E-state index contributed by atoms with van der Waals surface area (Å²) in [5.74, 6) is 1.54. The molecule has 3 aromatic rings. The Balaban J connectivity index is 1.39. The highest BCUT2D eigenvalue weighted by Crippen LogP contribution is 2.35. The smallest absolute Gasteiger partial charge is 0.225 e. The van der Waals surface area contributed by atoms with Crippen molar-refractivity contribution in [2.24, 2.45) is 0 Å². The average molecular weight is 389 g/mol. The van der Waals surface area contributed by atoms with E-state index in [1.54, 1.807) is 24.8 Å². The van der Waals surface area contributed by atoms with Crippen molar-refractivity contribution in [1.82, 2.24) is 24.9 Å². The van der Waals surface area contributed by atoms with Crippen LogP contribution in [0.15, 0.2) is 49.2 Å². The maximum Gasteiger partial charge on any atom is 0.225 e. The summed E-state index contributed by atoms with van der Waals surface area (Å²) in [4.78, 5) is 26.9. The third-order valence-electron chi connectivity index (χ3n) is 5.43. The van der Waals surface area contributed by atoms with Gasteiger partial charge in [0, 0.05) is 69.3 Å². The zero-order valence-corrected chi connectivity index (χ0v) is 16.2. The van der Waals surface area contributed by atoms with Crippen LogP contribution < -0.4 is 9.80 Å². The van der Waals surface area contributed by atoms with Gasteiger partial charge in [0.15, 0.2) is 0 Å². The van der Waals surface area contributed by atoms with Crippen molar-refractivity contribution in [2.75, 3.05) is 42.6 Å². The number of ether oxygens (including phenoxy) is 1. The lowest BCUT2D eigenvalue weighted by Crippen LogP contribution is -2.47. The highest BCUT2D eigenvalue weighted by atomic mass is 16.5. The molecule has 0 saturated carbocycles. The lowest BCUT2D eigenvalue weighted by atomic mass is 10.0. The molecule has 0 bridgehead atoms. The fourth-order valence-corrected chi connectivity index (χ4v) is 3.89. The first-order chi connectivity index (χ1) is 14.4. The Labute approximate surface area is 169 Å². The van der Waals surface area contributed by atoms with Crippen molar-refractivity contribution in [1.29, 1.82) is 0 Å². The van der Waals surface area contributed by atoms with Crippen LogP contribution in [-0.4, -0.2) is 57.7 Å². The summed E-state index contributed by atoms with van der Waals surface area (Å²) in [5, 5.41) is 0. The van der Waals surface area contributed by atoms with Gasteiger partial charge in [0.1, 0.15) is 6.10 Å². The van der Waals surface area contributed by atoms with Crippen LogP contribution in [0.4, 0.5) is 11.9 Å². The summed E-state index contributed by atoms with van der Waals surface area (Å²) in [7, 11) is 0. The molecule has 0 aromatic carbocycles. The molecule has 0 N–H and O–H groups in total. The van der Waals surface area contributed by atoms with Crippen molar-refractivity contribution in [3.05, 3.63) is 54.9 Å². The van der Waals surface area contributed by atoms with Crippen molar-refractivity contribution in [3.63, 3.8) is 0 Å².